The van der Waals surface area contributed by atoms with Gasteiger partial charge in [0, 0.05) is 6.16 Å². The summed E-state index contributed by atoms with van der Waals surface area (Å²) < 4.78 is 11.0. The molecule has 0 aliphatic carbocycles. The number of hydrogen-bond acceptors (Lipinski definition) is 0. The third kappa shape index (κ3) is 0.264. The summed E-state index contributed by atoms with van der Waals surface area (Å²) in [5, 5.41) is 0. The smallest absolute Gasteiger partial charge is 0.131 e. The molecule has 0 atom stereocenters. The lowest BCUT2D eigenvalue weighted by Gasteiger charge is -1.40. The lowest BCUT2D eigenvalue weighted by molar-refractivity contribution is 0.834. The van der Waals surface area contributed by atoms with Gasteiger partial charge in [0.2, 0.25) is 0 Å². The van der Waals surface area contributed by atoms with Crippen molar-refractivity contribution in [3.8, 4) is 0 Å². The van der Waals surface area contributed by atoms with Crippen molar-refractivity contribution in [2.24, 2.45) is 0 Å². The van der Waals surface area contributed by atoms with Crippen LogP contribution < -0.4 is 0 Å². The van der Waals surface area contributed by atoms with Gasteiger partial charge < -0.3 is 0 Å². The van der Waals surface area contributed by atoms with Gasteiger partial charge in [0.15, 0.2) is 0 Å². The van der Waals surface area contributed by atoms with Gasteiger partial charge in [-0.15, -0.1) is 0 Å². The molecule has 1 aliphatic rings. The molecule has 0 saturated carbocycles. The van der Waals surface area contributed by atoms with Crippen LogP contribution in [0.25, 0.3) is 0 Å². The van der Waals surface area contributed by atoms with Gasteiger partial charge in [-0.05, 0) is 0 Å². The van der Waals surface area contributed by atoms with E-state index in [9.17, 15) is 4.39 Å². The van der Waals surface area contributed by atoms with Crippen molar-refractivity contribution in [3.63, 3.8) is 0 Å². The predicted octanol–water partition coefficient (Wildman–Crippen LogP) is 1.05. The van der Waals surface area contributed by atoms with E-state index >= 15 is 0 Å². The zero-order valence-electron chi connectivity index (χ0n) is 2.03. The van der Waals surface area contributed by atoms with Crippen molar-refractivity contribution in [2.45, 2.75) is 0 Å². The van der Waals surface area contributed by atoms with Crippen LogP contribution in [0.1, 0.15) is 0 Å². The van der Waals surface area contributed by atoms with Crippen LogP contribution in [0.15, 0.2) is 0 Å². The van der Waals surface area contributed by atoms with Crippen molar-refractivity contribution in [2.75, 3.05) is 6.16 Å². The van der Waals surface area contributed by atoms with E-state index in [1.807, 2.05) is 0 Å². The second-order valence-corrected chi connectivity index (χ2v) is 1.81. The summed E-state index contributed by atoms with van der Waals surface area (Å²) in [5.41, 5.74) is 0.139. The highest BCUT2D eigenvalue weighted by Gasteiger charge is 2.02. The second kappa shape index (κ2) is 0.526. The second-order valence-electron chi connectivity index (χ2n) is 0.692. The van der Waals surface area contributed by atoms with Crippen LogP contribution >= 0.6 is 8.20 Å². The van der Waals surface area contributed by atoms with Crippen LogP contribution in [0.3, 0.4) is 0 Å². The molecular formula is C2H2FP. The van der Waals surface area contributed by atoms with E-state index in [4.69, 9.17) is 0 Å². The minimum Gasteiger partial charge on any atom is -0.206 e. The van der Waals surface area contributed by atoms with Gasteiger partial charge in [-0.2, -0.15) is 0 Å². The first-order valence-corrected chi connectivity index (χ1v) is 2.16. The molecule has 0 aromatic heterocycles. The van der Waals surface area contributed by atoms with Gasteiger partial charge in [0.25, 0.3) is 0 Å². The average molecular weight is 76.0 g/mol. The topological polar surface area (TPSA) is 0 Å². The van der Waals surface area contributed by atoms with E-state index in [1.54, 1.807) is 0 Å². The molecule has 0 aromatic rings. The fourth-order valence-corrected chi connectivity index (χ4v) is 0.0896. The van der Waals surface area contributed by atoms with Crippen molar-refractivity contribution in [1.29, 1.82) is 0 Å². The molecule has 0 N–H and O–H groups in total. The van der Waals surface area contributed by atoms with Crippen LogP contribution in [0.4, 0.5) is 4.39 Å². The first kappa shape index (κ1) is 2.34. The molecule has 0 saturated heterocycles. The molecule has 0 radical (unpaired) electrons. The Labute approximate surface area is 25.4 Å². The average Bonchev–Trinajstić information content (AvgIpc) is 1.75. The molecule has 1 aliphatic heterocycles. The molecule has 1 rings (SSSR count). The molecule has 0 spiro atoms. The van der Waals surface area contributed by atoms with Crippen LogP contribution in [0.5, 0.6) is 0 Å². The van der Waals surface area contributed by atoms with Gasteiger partial charge >= 0.3 is 0 Å². The maximum atomic E-state index is 11.0. The SMILES string of the molecule is FC1=PC1. The Bertz CT molecular complexity index is 57.1. The molecule has 0 unspecified atom stereocenters. The Balaban J connectivity index is 2.54. The fourth-order valence-electron chi connectivity index (χ4n) is 0.0299. The van der Waals surface area contributed by atoms with E-state index in [0.717, 1.165) is 8.20 Å². The van der Waals surface area contributed by atoms with Crippen LogP contribution in [0, 0.1) is 0 Å². The lowest BCUT2D eigenvalue weighted by atomic mass is 10.9. The van der Waals surface area contributed by atoms with Crippen molar-refractivity contribution < 1.29 is 4.39 Å². The van der Waals surface area contributed by atoms with E-state index < -0.39 is 0 Å². The summed E-state index contributed by atoms with van der Waals surface area (Å²) in [5.74, 6) is 0. The Morgan fingerprint density at radius 1 is 2.00 bits per heavy atom. The Morgan fingerprint density at radius 2 is 2.25 bits per heavy atom. The van der Waals surface area contributed by atoms with E-state index in [-0.39, 0.29) is 5.55 Å². The maximum absolute atomic E-state index is 11.0. The van der Waals surface area contributed by atoms with Gasteiger partial charge in [0.1, 0.15) is 5.55 Å². The first-order valence-electron chi connectivity index (χ1n) is 1.08. The lowest BCUT2D eigenvalue weighted by Crippen LogP contribution is -1.54. The van der Waals surface area contributed by atoms with Crippen LogP contribution in [-0.4, -0.2) is 11.7 Å². The third-order valence-corrected chi connectivity index (χ3v) is 0.833. The highest BCUT2D eigenvalue weighted by atomic mass is 31.1. The molecule has 0 aromatic carbocycles. The Hall–Kier alpha value is 0.100. The fraction of sp³-hybridized carbons (Fsp3) is 0.500. The zero-order chi connectivity index (χ0) is 2.99. The standard InChI is InChI=1S/C2H2FP/c3-2-1-4-2/h1H2. The van der Waals surface area contributed by atoms with Crippen molar-refractivity contribution in [1.82, 2.24) is 0 Å². The molecule has 1 heterocycles. The highest BCUT2D eigenvalue weighted by Crippen LogP contribution is 2.17. The minimum atomic E-state index is 0.139. The summed E-state index contributed by atoms with van der Waals surface area (Å²) in [4.78, 5) is 0. The van der Waals surface area contributed by atoms with Crippen molar-refractivity contribution >= 4 is 13.8 Å². The largest absolute Gasteiger partial charge is 0.206 e. The normalized spacial score (nSPS) is 23.8. The summed E-state index contributed by atoms with van der Waals surface area (Å²) in [6.07, 6.45) is 0.708. The molecule has 2 heteroatoms. The molecule has 4 heavy (non-hydrogen) atoms. The van der Waals surface area contributed by atoms with E-state index in [0.29, 0.717) is 6.16 Å². The van der Waals surface area contributed by atoms with Crippen molar-refractivity contribution in [3.05, 3.63) is 0 Å². The predicted molar refractivity (Wildman–Crippen MR) is 17.9 cm³/mol. The monoisotopic (exact) mass is 76.0 g/mol. The maximum Gasteiger partial charge on any atom is 0.131 e. The molecule has 22 valence electrons. The molecule has 0 nitrogen and oxygen atoms in total. The molecule has 0 amide bonds. The van der Waals surface area contributed by atoms with Crippen LogP contribution in [-0.2, 0) is 0 Å². The van der Waals surface area contributed by atoms with E-state index in [1.165, 1.54) is 0 Å². The summed E-state index contributed by atoms with van der Waals surface area (Å²) in [7, 11) is 0.915. The number of halogens is 1. The quantitative estimate of drug-likeness (QED) is 0.378. The van der Waals surface area contributed by atoms with Gasteiger partial charge in [-0.1, -0.05) is 8.20 Å². The first-order chi connectivity index (χ1) is 1.89. The van der Waals surface area contributed by atoms with Gasteiger partial charge in [-0.3, -0.25) is 0 Å². The molecule has 0 bridgehead atoms. The molecule has 0 fully saturated rings. The summed E-state index contributed by atoms with van der Waals surface area (Å²) >= 11 is 0. The third-order valence-electron chi connectivity index (χ3n) is 0.278. The van der Waals surface area contributed by atoms with Crippen LogP contribution in [0.2, 0.25) is 0 Å². The molecular weight excluding hydrogens is 74.0 g/mol. The minimum absolute atomic E-state index is 0.139. The van der Waals surface area contributed by atoms with Gasteiger partial charge in [-0.25, -0.2) is 4.39 Å². The highest BCUT2D eigenvalue weighted by molar-refractivity contribution is 7.52. The summed E-state index contributed by atoms with van der Waals surface area (Å²) in [6, 6.07) is 0. The zero-order valence-corrected chi connectivity index (χ0v) is 2.93. The summed E-state index contributed by atoms with van der Waals surface area (Å²) in [6.45, 7) is 0. The van der Waals surface area contributed by atoms with E-state index in [2.05, 4.69) is 0 Å². The number of rotatable bonds is 0. The van der Waals surface area contributed by atoms with Gasteiger partial charge in [0.05, 0.1) is 0 Å². The number of hydrogen-bond donors (Lipinski definition) is 0. The Kier molecular flexibility index (Phi) is 0.308. The Morgan fingerprint density at radius 3 is 2.25 bits per heavy atom.